The number of rotatable bonds is 9. The second-order valence-corrected chi connectivity index (χ2v) is 6.74. The molecule has 0 unspecified atom stereocenters. The minimum atomic E-state index is 0.933. The Labute approximate surface area is 138 Å². The van der Waals surface area contributed by atoms with E-state index in [1.54, 1.807) is 0 Å². The van der Waals surface area contributed by atoms with E-state index in [4.69, 9.17) is 4.99 Å². The van der Waals surface area contributed by atoms with Crippen LogP contribution in [0.1, 0.15) is 59.3 Å². The van der Waals surface area contributed by atoms with Crippen LogP contribution < -0.4 is 5.32 Å². The third kappa shape index (κ3) is 8.02. The molecule has 0 aromatic heterocycles. The minimum Gasteiger partial charge on any atom is -0.357 e. The Morgan fingerprint density at radius 1 is 1.18 bits per heavy atom. The van der Waals surface area contributed by atoms with Gasteiger partial charge in [0.25, 0.3) is 0 Å². The van der Waals surface area contributed by atoms with Crippen LogP contribution in [0.25, 0.3) is 0 Å². The predicted molar refractivity (Wildman–Crippen MR) is 97.6 cm³/mol. The Kier molecular flexibility index (Phi) is 10.3. The Balaban J connectivity index is 2.19. The molecule has 0 aliphatic carbocycles. The van der Waals surface area contributed by atoms with E-state index in [1.165, 1.54) is 58.2 Å². The molecule has 0 bridgehead atoms. The van der Waals surface area contributed by atoms with Crippen LogP contribution >= 0.6 is 0 Å². The molecule has 22 heavy (non-hydrogen) atoms. The van der Waals surface area contributed by atoms with Crippen LogP contribution in [-0.4, -0.2) is 62.1 Å². The van der Waals surface area contributed by atoms with Gasteiger partial charge in [0.1, 0.15) is 0 Å². The van der Waals surface area contributed by atoms with Gasteiger partial charge in [-0.1, -0.05) is 20.3 Å². The number of nitrogens with one attached hydrogen (secondary N) is 1. The average molecular weight is 311 g/mol. The van der Waals surface area contributed by atoms with E-state index in [1.807, 2.05) is 0 Å². The Morgan fingerprint density at radius 3 is 2.55 bits per heavy atom. The maximum atomic E-state index is 4.77. The van der Waals surface area contributed by atoms with Gasteiger partial charge < -0.3 is 15.1 Å². The SMILES string of the molecule is CCCCN(C)C(=NCCCCN1CCC(C)CC1)NCC. The third-order valence-corrected chi connectivity index (χ3v) is 4.56. The molecule has 1 saturated heterocycles. The van der Waals surface area contributed by atoms with E-state index in [9.17, 15) is 0 Å². The molecular formula is C18H38N4. The van der Waals surface area contributed by atoms with Crippen LogP contribution in [0, 0.1) is 5.92 Å². The smallest absolute Gasteiger partial charge is 0.193 e. The molecule has 0 saturated carbocycles. The lowest BCUT2D eigenvalue weighted by Crippen LogP contribution is -2.39. The second-order valence-electron chi connectivity index (χ2n) is 6.74. The maximum absolute atomic E-state index is 4.77. The molecule has 0 spiro atoms. The van der Waals surface area contributed by atoms with Gasteiger partial charge in [0.05, 0.1) is 0 Å². The fourth-order valence-electron chi connectivity index (χ4n) is 2.89. The number of guanidine groups is 1. The molecule has 130 valence electrons. The highest BCUT2D eigenvalue weighted by atomic mass is 15.3. The fraction of sp³-hybridized carbons (Fsp3) is 0.944. The van der Waals surface area contributed by atoms with Gasteiger partial charge in [-0.3, -0.25) is 4.99 Å². The first-order valence-electron chi connectivity index (χ1n) is 9.39. The van der Waals surface area contributed by atoms with Crippen molar-refractivity contribution in [3.8, 4) is 0 Å². The lowest BCUT2D eigenvalue weighted by Gasteiger charge is -2.30. The van der Waals surface area contributed by atoms with Gasteiger partial charge in [-0.2, -0.15) is 0 Å². The Hall–Kier alpha value is -0.770. The van der Waals surface area contributed by atoms with Crippen LogP contribution in [0.5, 0.6) is 0 Å². The number of nitrogens with zero attached hydrogens (tertiary/aromatic N) is 3. The molecule has 0 atom stereocenters. The van der Waals surface area contributed by atoms with E-state index in [0.29, 0.717) is 0 Å². The van der Waals surface area contributed by atoms with E-state index < -0.39 is 0 Å². The summed E-state index contributed by atoms with van der Waals surface area (Å²) in [4.78, 5) is 9.66. The zero-order chi connectivity index (χ0) is 16.2. The quantitative estimate of drug-likeness (QED) is 0.403. The molecule has 1 N–H and O–H groups in total. The number of unbranched alkanes of at least 4 members (excludes halogenated alkanes) is 2. The number of piperidine rings is 1. The molecule has 4 heteroatoms. The molecule has 4 nitrogen and oxygen atoms in total. The van der Waals surface area contributed by atoms with Crippen molar-refractivity contribution < 1.29 is 0 Å². The average Bonchev–Trinajstić information content (AvgIpc) is 2.53. The molecule has 0 aromatic rings. The molecule has 1 fully saturated rings. The topological polar surface area (TPSA) is 30.9 Å². The van der Waals surface area contributed by atoms with Crippen molar-refractivity contribution in [1.82, 2.24) is 15.1 Å². The van der Waals surface area contributed by atoms with Crippen LogP contribution in [-0.2, 0) is 0 Å². The van der Waals surface area contributed by atoms with Crippen LogP contribution in [0.15, 0.2) is 4.99 Å². The number of aliphatic imine (C=N–C) groups is 1. The maximum Gasteiger partial charge on any atom is 0.193 e. The summed E-state index contributed by atoms with van der Waals surface area (Å²) in [7, 11) is 2.14. The van der Waals surface area contributed by atoms with Gasteiger partial charge in [0.15, 0.2) is 5.96 Å². The van der Waals surface area contributed by atoms with Crippen LogP contribution in [0.2, 0.25) is 0 Å². The van der Waals surface area contributed by atoms with Crippen molar-refractivity contribution in [2.75, 3.05) is 46.3 Å². The van der Waals surface area contributed by atoms with Gasteiger partial charge in [-0.25, -0.2) is 0 Å². The van der Waals surface area contributed by atoms with E-state index in [-0.39, 0.29) is 0 Å². The van der Waals surface area contributed by atoms with Crippen molar-refractivity contribution in [3.63, 3.8) is 0 Å². The van der Waals surface area contributed by atoms with Gasteiger partial charge in [-0.05, 0) is 64.6 Å². The Morgan fingerprint density at radius 2 is 1.91 bits per heavy atom. The highest BCUT2D eigenvalue weighted by Gasteiger charge is 2.14. The summed E-state index contributed by atoms with van der Waals surface area (Å²) in [6.07, 6.45) is 7.70. The van der Waals surface area contributed by atoms with Gasteiger partial charge >= 0.3 is 0 Å². The molecule has 0 amide bonds. The second kappa shape index (κ2) is 11.8. The van der Waals surface area contributed by atoms with E-state index in [2.05, 4.69) is 42.9 Å². The number of hydrogen-bond donors (Lipinski definition) is 1. The van der Waals surface area contributed by atoms with Crippen LogP contribution in [0.3, 0.4) is 0 Å². The lowest BCUT2D eigenvalue weighted by molar-refractivity contribution is 0.190. The zero-order valence-corrected chi connectivity index (χ0v) is 15.4. The predicted octanol–water partition coefficient (Wildman–Crippen LogP) is 3.20. The molecule has 0 radical (unpaired) electrons. The number of likely N-dealkylation sites (tertiary alicyclic amines) is 1. The molecular weight excluding hydrogens is 272 g/mol. The van der Waals surface area contributed by atoms with Gasteiger partial charge in [0.2, 0.25) is 0 Å². The summed E-state index contributed by atoms with van der Waals surface area (Å²) in [5.41, 5.74) is 0. The third-order valence-electron chi connectivity index (χ3n) is 4.56. The van der Waals surface area contributed by atoms with Crippen molar-refractivity contribution in [2.45, 2.75) is 59.3 Å². The summed E-state index contributed by atoms with van der Waals surface area (Å²) < 4.78 is 0. The summed E-state index contributed by atoms with van der Waals surface area (Å²) >= 11 is 0. The molecule has 1 rings (SSSR count). The summed E-state index contributed by atoms with van der Waals surface area (Å²) in [6, 6.07) is 0. The first kappa shape index (κ1) is 19.3. The van der Waals surface area contributed by atoms with Gasteiger partial charge in [0, 0.05) is 26.7 Å². The largest absolute Gasteiger partial charge is 0.357 e. The Bertz CT molecular complexity index is 295. The summed E-state index contributed by atoms with van der Waals surface area (Å²) in [5.74, 6) is 2.00. The minimum absolute atomic E-state index is 0.933. The normalized spacial score (nSPS) is 17.7. The number of hydrogen-bond acceptors (Lipinski definition) is 2. The van der Waals surface area contributed by atoms with Crippen molar-refractivity contribution >= 4 is 5.96 Å². The monoisotopic (exact) mass is 310 g/mol. The van der Waals surface area contributed by atoms with Gasteiger partial charge in [-0.15, -0.1) is 0 Å². The van der Waals surface area contributed by atoms with Crippen LogP contribution in [0.4, 0.5) is 0 Å². The molecule has 0 aromatic carbocycles. The molecule has 1 aliphatic rings. The summed E-state index contributed by atoms with van der Waals surface area (Å²) in [5, 5.41) is 3.40. The van der Waals surface area contributed by atoms with E-state index in [0.717, 1.165) is 31.5 Å². The van der Waals surface area contributed by atoms with E-state index >= 15 is 0 Å². The zero-order valence-electron chi connectivity index (χ0n) is 15.4. The lowest BCUT2D eigenvalue weighted by atomic mass is 9.99. The fourth-order valence-corrected chi connectivity index (χ4v) is 2.89. The van der Waals surface area contributed by atoms with Crippen molar-refractivity contribution in [2.24, 2.45) is 10.9 Å². The molecule has 1 heterocycles. The summed E-state index contributed by atoms with van der Waals surface area (Å²) in [6.45, 7) is 13.6. The highest BCUT2D eigenvalue weighted by Crippen LogP contribution is 2.16. The van der Waals surface area contributed by atoms with Crippen molar-refractivity contribution in [1.29, 1.82) is 0 Å². The molecule has 1 aliphatic heterocycles. The standard InChI is InChI=1S/C18H38N4/c1-5-7-13-21(4)18(19-6-2)20-12-8-9-14-22-15-10-17(3)11-16-22/h17H,5-16H2,1-4H3,(H,19,20). The first-order valence-corrected chi connectivity index (χ1v) is 9.39. The highest BCUT2D eigenvalue weighted by molar-refractivity contribution is 5.79. The van der Waals surface area contributed by atoms with Crippen molar-refractivity contribution in [3.05, 3.63) is 0 Å². The first-order chi connectivity index (χ1) is 10.7.